The Kier molecular flexibility index (Phi) is 8.19. The van der Waals surface area contributed by atoms with Gasteiger partial charge in [-0.2, -0.15) is 0 Å². The average Bonchev–Trinajstić information content (AvgIpc) is 2.73. The van der Waals surface area contributed by atoms with Gasteiger partial charge in [0, 0.05) is 0 Å². The highest BCUT2D eigenvalue weighted by molar-refractivity contribution is 5.23. The average molecular weight is 356 g/mol. The first-order chi connectivity index (χ1) is 13.4. The van der Waals surface area contributed by atoms with Gasteiger partial charge >= 0.3 is 0 Å². The Morgan fingerprint density at radius 2 is 1.00 bits per heavy atom. The molecule has 3 aromatic carbocycles. The maximum atomic E-state index is 2.49. The van der Waals surface area contributed by atoms with Crippen molar-refractivity contribution < 1.29 is 0 Å². The van der Waals surface area contributed by atoms with E-state index in [9.17, 15) is 0 Å². The van der Waals surface area contributed by atoms with E-state index in [1.165, 1.54) is 61.6 Å². The van der Waals surface area contributed by atoms with Gasteiger partial charge in [-0.05, 0) is 67.6 Å². The topological polar surface area (TPSA) is 0 Å². The molecule has 3 aromatic rings. The van der Waals surface area contributed by atoms with Gasteiger partial charge in [-0.25, -0.2) is 0 Å². The number of hydrogen-bond acceptors (Lipinski definition) is 0. The lowest BCUT2D eigenvalue weighted by molar-refractivity contribution is 0.473. The zero-order valence-corrected chi connectivity index (χ0v) is 16.3. The van der Waals surface area contributed by atoms with Gasteiger partial charge < -0.3 is 0 Å². The zero-order chi connectivity index (χ0) is 18.6. The Bertz CT molecular complexity index is 731. The van der Waals surface area contributed by atoms with Gasteiger partial charge in [-0.15, -0.1) is 0 Å². The van der Waals surface area contributed by atoms with Crippen molar-refractivity contribution in [3.8, 4) is 0 Å². The lowest BCUT2D eigenvalue weighted by Crippen LogP contribution is -2.04. The third-order valence-corrected chi connectivity index (χ3v) is 5.24. The van der Waals surface area contributed by atoms with Gasteiger partial charge in [0.2, 0.25) is 0 Å². The van der Waals surface area contributed by atoms with E-state index in [1.54, 1.807) is 0 Å². The van der Waals surface area contributed by atoms with Crippen molar-refractivity contribution in [1.82, 2.24) is 0 Å². The lowest BCUT2D eigenvalue weighted by atomic mass is 9.88. The first kappa shape index (κ1) is 19.4. The molecular formula is C27H31. The summed E-state index contributed by atoms with van der Waals surface area (Å²) in [6.07, 6.45) is 11.3. The number of aryl methyl sites for hydroxylation is 2. The molecule has 27 heavy (non-hydrogen) atoms. The predicted octanol–water partition coefficient (Wildman–Crippen LogP) is 7.29. The Hall–Kier alpha value is -2.34. The van der Waals surface area contributed by atoms with Crippen molar-refractivity contribution in [1.29, 1.82) is 0 Å². The van der Waals surface area contributed by atoms with Crippen molar-refractivity contribution >= 4 is 0 Å². The highest BCUT2D eigenvalue weighted by Gasteiger charge is 2.10. The first-order valence-electron chi connectivity index (χ1n) is 10.4. The molecule has 1 atom stereocenters. The van der Waals surface area contributed by atoms with Gasteiger partial charge in [0.05, 0.1) is 0 Å². The van der Waals surface area contributed by atoms with Crippen LogP contribution in [0.1, 0.15) is 48.8 Å². The standard InChI is InChI=1S/C27H31/c1-4-13-24(14-5-1)17-10-11-20-27(23-26-18-8-3-9-19-26)22-12-21-25-15-6-2-7-16-25/h1-9,13-16,18-19,23,27H,10-12,17,20-22H2. The Morgan fingerprint density at radius 3 is 1.59 bits per heavy atom. The van der Waals surface area contributed by atoms with E-state index in [-0.39, 0.29) is 0 Å². The van der Waals surface area contributed by atoms with Crippen molar-refractivity contribution in [2.75, 3.05) is 0 Å². The Morgan fingerprint density at radius 1 is 0.519 bits per heavy atom. The smallest absolute Gasteiger partial charge is 0.00621 e. The normalized spacial score (nSPS) is 12.0. The molecule has 139 valence electrons. The molecule has 0 aliphatic carbocycles. The molecule has 0 heteroatoms. The molecule has 0 saturated heterocycles. The highest BCUT2D eigenvalue weighted by atomic mass is 14.2. The summed E-state index contributed by atoms with van der Waals surface area (Å²) in [7, 11) is 0. The van der Waals surface area contributed by atoms with Gasteiger partial charge in [0.1, 0.15) is 0 Å². The highest BCUT2D eigenvalue weighted by Crippen LogP contribution is 2.24. The lowest BCUT2D eigenvalue weighted by Gasteiger charge is -2.17. The van der Waals surface area contributed by atoms with E-state index in [2.05, 4.69) is 97.4 Å². The largest absolute Gasteiger partial charge is 0.0622 e. The molecular weight excluding hydrogens is 324 g/mol. The van der Waals surface area contributed by atoms with Crippen LogP contribution in [0.4, 0.5) is 0 Å². The van der Waals surface area contributed by atoms with E-state index >= 15 is 0 Å². The summed E-state index contributed by atoms with van der Waals surface area (Å²) >= 11 is 0. The van der Waals surface area contributed by atoms with Gasteiger partial charge in [-0.3, -0.25) is 0 Å². The van der Waals surface area contributed by atoms with Crippen LogP contribution in [0, 0.1) is 12.3 Å². The van der Waals surface area contributed by atoms with Crippen LogP contribution in [0.5, 0.6) is 0 Å². The summed E-state index contributed by atoms with van der Waals surface area (Å²) < 4.78 is 0. The van der Waals surface area contributed by atoms with E-state index in [4.69, 9.17) is 0 Å². The summed E-state index contributed by atoms with van der Waals surface area (Å²) in [6, 6.07) is 32.6. The van der Waals surface area contributed by atoms with Crippen LogP contribution in [0.15, 0.2) is 91.0 Å². The minimum atomic E-state index is 0.673. The first-order valence-corrected chi connectivity index (χ1v) is 10.4. The van der Waals surface area contributed by atoms with E-state index in [0.29, 0.717) is 5.92 Å². The second-order valence-electron chi connectivity index (χ2n) is 7.45. The quantitative estimate of drug-likeness (QED) is 0.317. The van der Waals surface area contributed by atoms with Gasteiger partial charge in [0.15, 0.2) is 0 Å². The molecule has 0 nitrogen and oxygen atoms in total. The maximum absolute atomic E-state index is 2.49. The Labute approximate surface area is 165 Å². The molecule has 0 aliphatic rings. The molecule has 1 unspecified atom stereocenters. The van der Waals surface area contributed by atoms with Crippen molar-refractivity contribution in [3.05, 3.63) is 114 Å². The second kappa shape index (κ2) is 11.4. The molecule has 0 spiro atoms. The van der Waals surface area contributed by atoms with Crippen LogP contribution in [-0.4, -0.2) is 0 Å². The molecule has 0 heterocycles. The van der Waals surface area contributed by atoms with Crippen molar-refractivity contribution in [2.45, 2.75) is 44.9 Å². The molecule has 0 bridgehead atoms. The van der Waals surface area contributed by atoms with Crippen LogP contribution < -0.4 is 0 Å². The van der Waals surface area contributed by atoms with E-state index < -0.39 is 0 Å². The predicted molar refractivity (Wildman–Crippen MR) is 117 cm³/mol. The molecule has 1 radical (unpaired) electrons. The van der Waals surface area contributed by atoms with Gasteiger partial charge in [0.25, 0.3) is 0 Å². The molecule has 0 aromatic heterocycles. The zero-order valence-electron chi connectivity index (χ0n) is 16.3. The summed E-state index contributed by atoms with van der Waals surface area (Å²) in [6.45, 7) is 0. The molecule has 0 fully saturated rings. The van der Waals surface area contributed by atoms with Gasteiger partial charge in [-0.1, -0.05) is 97.4 Å². The fourth-order valence-corrected chi connectivity index (χ4v) is 3.74. The van der Waals surface area contributed by atoms with E-state index in [1.807, 2.05) is 0 Å². The summed E-state index contributed by atoms with van der Waals surface area (Å²) in [5.74, 6) is 0.673. The summed E-state index contributed by atoms with van der Waals surface area (Å²) in [5, 5.41) is 0. The SMILES string of the molecule is [CH](c1ccccc1)C(CCCCc1ccccc1)CCCc1ccccc1. The molecule has 3 rings (SSSR count). The van der Waals surface area contributed by atoms with Crippen molar-refractivity contribution in [3.63, 3.8) is 0 Å². The fourth-order valence-electron chi connectivity index (χ4n) is 3.74. The van der Waals surface area contributed by atoms with E-state index in [0.717, 1.165) is 0 Å². The maximum Gasteiger partial charge on any atom is -0.00621 e. The Balaban J connectivity index is 1.46. The summed E-state index contributed by atoms with van der Waals surface area (Å²) in [4.78, 5) is 0. The van der Waals surface area contributed by atoms with Crippen LogP contribution in [0.2, 0.25) is 0 Å². The third-order valence-electron chi connectivity index (χ3n) is 5.24. The molecule has 0 aliphatic heterocycles. The third kappa shape index (κ3) is 7.43. The second-order valence-corrected chi connectivity index (χ2v) is 7.45. The monoisotopic (exact) mass is 355 g/mol. The fraction of sp³-hybridized carbons (Fsp3) is 0.296. The molecule has 0 saturated carbocycles. The van der Waals surface area contributed by atoms with Crippen LogP contribution >= 0.6 is 0 Å². The van der Waals surface area contributed by atoms with Crippen LogP contribution in [-0.2, 0) is 12.8 Å². The number of unbranched alkanes of at least 4 members (excludes halogenated alkanes) is 1. The minimum absolute atomic E-state index is 0.673. The number of hydrogen-bond donors (Lipinski definition) is 0. The summed E-state index contributed by atoms with van der Waals surface area (Å²) in [5.41, 5.74) is 4.29. The van der Waals surface area contributed by atoms with Crippen LogP contribution in [0.25, 0.3) is 0 Å². The van der Waals surface area contributed by atoms with Crippen molar-refractivity contribution in [2.24, 2.45) is 5.92 Å². The molecule has 0 amide bonds. The van der Waals surface area contributed by atoms with Crippen LogP contribution in [0.3, 0.4) is 0 Å². The molecule has 0 N–H and O–H groups in total. The number of benzene rings is 3. The number of rotatable bonds is 11. The minimum Gasteiger partial charge on any atom is -0.0622 e.